The number of rotatable bonds is 3. The zero-order chi connectivity index (χ0) is 22.2. The number of halogens is 2. The Balaban J connectivity index is 1.34. The summed E-state index contributed by atoms with van der Waals surface area (Å²) in [5.74, 6) is -0.195. The second-order valence-electron chi connectivity index (χ2n) is 7.33. The van der Waals surface area contributed by atoms with Crippen molar-refractivity contribution < 1.29 is 9.18 Å². The van der Waals surface area contributed by atoms with Gasteiger partial charge in [0.2, 0.25) is 4.96 Å². The summed E-state index contributed by atoms with van der Waals surface area (Å²) in [7, 11) is 0. The van der Waals surface area contributed by atoms with E-state index in [1.807, 2.05) is 35.2 Å². The molecule has 0 aliphatic carbocycles. The summed E-state index contributed by atoms with van der Waals surface area (Å²) >= 11 is 7.16. The van der Waals surface area contributed by atoms with Gasteiger partial charge in [0.25, 0.3) is 11.5 Å². The van der Waals surface area contributed by atoms with Gasteiger partial charge in [-0.3, -0.25) is 9.59 Å². The molecule has 0 spiro atoms. The predicted octanol–water partition coefficient (Wildman–Crippen LogP) is 3.57. The maximum absolute atomic E-state index is 13.4. The molecule has 1 amide bonds. The Hall–Kier alpha value is -3.30. The summed E-state index contributed by atoms with van der Waals surface area (Å²) in [6, 6.07) is 15.1. The number of hydrogen-bond donors (Lipinski definition) is 0. The van der Waals surface area contributed by atoms with Gasteiger partial charge >= 0.3 is 0 Å². The van der Waals surface area contributed by atoms with Crippen LogP contribution in [0.25, 0.3) is 15.5 Å². The van der Waals surface area contributed by atoms with Gasteiger partial charge in [-0.2, -0.15) is 9.61 Å². The fraction of sp³-hybridized carbons (Fsp3) is 0.182. The maximum atomic E-state index is 13.4. The molecule has 4 aromatic rings. The van der Waals surface area contributed by atoms with Crippen LogP contribution >= 0.6 is 22.9 Å². The molecule has 2 aromatic heterocycles. The van der Waals surface area contributed by atoms with E-state index >= 15 is 0 Å². The highest BCUT2D eigenvalue weighted by Gasteiger charge is 2.24. The van der Waals surface area contributed by atoms with Gasteiger partial charge in [0.05, 0.1) is 5.02 Å². The summed E-state index contributed by atoms with van der Waals surface area (Å²) in [5, 5.41) is 5.05. The highest BCUT2D eigenvalue weighted by Crippen LogP contribution is 2.25. The first-order valence-electron chi connectivity index (χ1n) is 9.95. The van der Waals surface area contributed by atoms with Gasteiger partial charge in [-0.15, -0.1) is 0 Å². The third-order valence-corrected chi connectivity index (χ3v) is 6.56. The second-order valence-corrected chi connectivity index (χ2v) is 8.69. The van der Waals surface area contributed by atoms with Crippen molar-refractivity contribution in [1.82, 2.24) is 19.5 Å². The molecule has 1 aliphatic heterocycles. The number of amides is 1. The molecule has 32 heavy (non-hydrogen) atoms. The third kappa shape index (κ3) is 3.85. The molecule has 1 saturated heterocycles. The van der Waals surface area contributed by atoms with Crippen molar-refractivity contribution in [2.75, 3.05) is 31.1 Å². The lowest BCUT2D eigenvalue weighted by molar-refractivity contribution is 0.0746. The SMILES string of the molecule is O=C(c1ccc(F)c(Cl)c1)N1CCN(c2cc(=O)n3nc(-c4ccccc4)sc3n2)CC1. The molecule has 2 aromatic carbocycles. The molecule has 1 aliphatic rings. The topological polar surface area (TPSA) is 70.8 Å². The molecule has 5 rings (SSSR count). The van der Waals surface area contributed by atoms with Crippen molar-refractivity contribution in [3.8, 4) is 10.6 Å². The van der Waals surface area contributed by atoms with Crippen molar-refractivity contribution >= 4 is 39.6 Å². The first-order chi connectivity index (χ1) is 15.5. The smallest absolute Gasteiger partial charge is 0.277 e. The van der Waals surface area contributed by atoms with E-state index in [2.05, 4.69) is 10.1 Å². The molecule has 0 radical (unpaired) electrons. The van der Waals surface area contributed by atoms with Gasteiger partial charge in [0, 0.05) is 43.4 Å². The van der Waals surface area contributed by atoms with Crippen molar-refractivity contribution in [2.45, 2.75) is 0 Å². The third-order valence-electron chi connectivity index (χ3n) is 5.31. The molecule has 162 valence electrons. The van der Waals surface area contributed by atoms with E-state index in [1.165, 1.54) is 40.1 Å². The van der Waals surface area contributed by atoms with Crippen LogP contribution in [0.4, 0.5) is 10.2 Å². The van der Waals surface area contributed by atoms with Crippen LogP contribution in [-0.2, 0) is 0 Å². The van der Waals surface area contributed by atoms with Crippen molar-refractivity contribution in [1.29, 1.82) is 0 Å². The Bertz CT molecular complexity index is 1370. The zero-order valence-electron chi connectivity index (χ0n) is 16.7. The molecule has 1 fully saturated rings. The molecule has 10 heteroatoms. The molecular weight excluding hydrogens is 453 g/mol. The molecule has 0 N–H and O–H groups in total. The quantitative estimate of drug-likeness (QED) is 0.458. The Morgan fingerprint density at radius 2 is 1.78 bits per heavy atom. The number of benzene rings is 2. The van der Waals surface area contributed by atoms with Crippen LogP contribution in [-0.4, -0.2) is 51.6 Å². The summed E-state index contributed by atoms with van der Waals surface area (Å²) in [6.07, 6.45) is 0. The van der Waals surface area contributed by atoms with Crippen molar-refractivity contribution in [3.05, 3.63) is 81.4 Å². The Kier molecular flexibility index (Phi) is 5.36. The van der Waals surface area contributed by atoms with Gasteiger partial charge in [-0.1, -0.05) is 53.3 Å². The van der Waals surface area contributed by atoms with E-state index in [9.17, 15) is 14.0 Å². The van der Waals surface area contributed by atoms with E-state index < -0.39 is 5.82 Å². The molecule has 0 unspecified atom stereocenters. The van der Waals surface area contributed by atoms with E-state index in [1.54, 1.807) is 4.90 Å². The lowest BCUT2D eigenvalue weighted by Crippen LogP contribution is -2.49. The normalized spacial score (nSPS) is 14.2. The first kappa shape index (κ1) is 20.6. The highest BCUT2D eigenvalue weighted by molar-refractivity contribution is 7.19. The van der Waals surface area contributed by atoms with Gasteiger partial charge in [0.15, 0.2) is 0 Å². The molecule has 3 heterocycles. The van der Waals surface area contributed by atoms with Crippen LogP contribution in [0.2, 0.25) is 5.02 Å². The average molecular weight is 470 g/mol. The second kappa shape index (κ2) is 8.33. The number of anilines is 1. The number of piperazine rings is 1. The summed E-state index contributed by atoms with van der Waals surface area (Å²) in [6.45, 7) is 1.95. The average Bonchev–Trinajstić information content (AvgIpc) is 3.26. The number of nitrogens with zero attached hydrogens (tertiary/aromatic N) is 5. The van der Waals surface area contributed by atoms with Crippen LogP contribution in [0.5, 0.6) is 0 Å². The summed E-state index contributed by atoms with van der Waals surface area (Å²) in [4.78, 5) is 34.2. The van der Waals surface area contributed by atoms with Crippen LogP contribution in [0.15, 0.2) is 59.4 Å². The van der Waals surface area contributed by atoms with E-state index in [0.29, 0.717) is 42.5 Å². The Morgan fingerprint density at radius 1 is 1.03 bits per heavy atom. The molecule has 0 saturated carbocycles. The number of carbonyl (C=O) groups is 1. The van der Waals surface area contributed by atoms with Crippen molar-refractivity contribution in [3.63, 3.8) is 0 Å². The monoisotopic (exact) mass is 469 g/mol. The first-order valence-corrected chi connectivity index (χ1v) is 11.1. The standard InChI is InChI=1S/C22H17ClFN5O2S/c23-16-12-15(6-7-17(16)24)21(31)28-10-8-27(9-11-28)18-13-19(30)29-22(25-18)32-20(26-29)14-4-2-1-3-5-14/h1-7,12-13H,8-11H2. The zero-order valence-corrected chi connectivity index (χ0v) is 18.3. The minimum Gasteiger partial charge on any atom is -0.353 e. The van der Waals surface area contributed by atoms with Crippen molar-refractivity contribution in [2.24, 2.45) is 0 Å². The van der Waals surface area contributed by atoms with Crippen LogP contribution in [0.3, 0.4) is 0 Å². The summed E-state index contributed by atoms with van der Waals surface area (Å²) in [5.41, 5.74) is 1.03. The lowest BCUT2D eigenvalue weighted by Gasteiger charge is -2.35. The largest absolute Gasteiger partial charge is 0.353 e. The number of fused-ring (bicyclic) bond motifs is 1. The van der Waals surface area contributed by atoms with Crippen LogP contribution < -0.4 is 10.5 Å². The highest BCUT2D eigenvalue weighted by atomic mass is 35.5. The minimum absolute atomic E-state index is 0.0770. The molecular formula is C22H17ClFN5O2S. The number of aromatic nitrogens is 3. The Morgan fingerprint density at radius 3 is 2.50 bits per heavy atom. The van der Waals surface area contributed by atoms with E-state index in [0.717, 1.165) is 10.6 Å². The fourth-order valence-corrected chi connectivity index (χ4v) is 4.70. The predicted molar refractivity (Wildman–Crippen MR) is 122 cm³/mol. The number of hydrogen-bond acceptors (Lipinski definition) is 6. The van der Waals surface area contributed by atoms with E-state index in [4.69, 9.17) is 11.6 Å². The minimum atomic E-state index is -0.556. The van der Waals surface area contributed by atoms with E-state index in [-0.39, 0.29) is 16.5 Å². The van der Waals surface area contributed by atoms with Crippen LogP contribution in [0.1, 0.15) is 10.4 Å². The van der Waals surface area contributed by atoms with Crippen LogP contribution in [0, 0.1) is 5.82 Å². The Labute approximate surface area is 191 Å². The van der Waals surface area contributed by atoms with Gasteiger partial charge in [0.1, 0.15) is 16.6 Å². The van der Waals surface area contributed by atoms with Gasteiger partial charge in [-0.25, -0.2) is 9.37 Å². The lowest BCUT2D eigenvalue weighted by atomic mass is 10.1. The number of carbonyl (C=O) groups excluding carboxylic acids is 1. The molecule has 0 atom stereocenters. The fourth-order valence-electron chi connectivity index (χ4n) is 3.61. The maximum Gasteiger partial charge on any atom is 0.277 e. The van der Waals surface area contributed by atoms with Gasteiger partial charge in [-0.05, 0) is 18.2 Å². The molecule has 0 bridgehead atoms. The summed E-state index contributed by atoms with van der Waals surface area (Å²) < 4.78 is 14.7. The molecule has 7 nitrogen and oxygen atoms in total. The van der Waals surface area contributed by atoms with Gasteiger partial charge < -0.3 is 9.80 Å².